The highest BCUT2D eigenvalue weighted by Gasteiger charge is 2.23. The van der Waals surface area contributed by atoms with Crippen LogP contribution in [0.3, 0.4) is 0 Å². The fourth-order valence-electron chi connectivity index (χ4n) is 2.70. The molecule has 0 amide bonds. The third-order valence-electron chi connectivity index (χ3n) is 3.68. The van der Waals surface area contributed by atoms with E-state index >= 15 is 0 Å². The van der Waals surface area contributed by atoms with E-state index in [1.54, 1.807) is 0 Å². The summed E-state index contributed by atoms with van der Waals surface area (Å²) in [5, 5.41) is 9.97. The molecule has 0 radical (unpaired) electrons. The molecular weight excluding hydrogens is 212 g/mol. The molecule has 0 aliphatic carbocycles. The standard InChI is InChI=1S/C14H22N2O/c1-3-11-5-4-8-16(11)12-6-7-13(10(2)15)14(17)9-12/h6-7,9-11,17H,3-5,8,15H2,1-2H3. The molecule has 0 bridgehead atoms. The fraction of sp³-hybridized carbons (Fsp3) is 0.571. The number of rotatable bonds is 3. The molecule has 3 N–H and O–H groups in total. The molecule has 1 aromatic carbocycles. The van der Waals surface area contributed by atoms with E-state index in [1.165, 1.54) is 12.8 Å². The van der Waals surface area contributed by atoms with Gasteiger partial charge in [0.25, 0.3) is 0 Å². The molecule has 1 aliphatic rings. The smallest absolute Gasteiger partial charge is 0.122 e. The van der Waals surface area contributed by atoms with Crippen molar-refractivity contribution in [3.63, 3.8) is 0 Å². The molecule has 2 atom stereocenters. The lowest BCUT2D eigenvalue weighted by atomic mass is 10.1. The van der Waals surface area contributed by atoms with Crippen molar-refractivity contribution >= 4 is 5.69 Å². The van der Waals surface area contributed by atoms with Crippen molar-refractivity contribution in [2.75, 3.05) is 11.4 Å². The predicted molar refractivity (Wildman–Crippen MR) is 71.4 cm³/mol. The maximum atomic E-state index is 9.97. The molecule has 1 aliphatic heterocycles. The largest absolute Gasteiger partial charge is 0.508 e. The van der Waals surface area contributed by atoms with E-state index in [0.29, 0.717) is 11.8 Å². The van der Waals surface area contributed by atoms with E-state index in [0.717, 1.165) is 24.2 Å². The Morgan fingerprint density at radius 3 is 2.88 bits per heavy atom. The van der Waals surface area contributed by atoms with Gasteiger partial charge in [0.1, 0.15) is 5.75 Å². The van der Waals surface area contributed by atoms with Crippen LogP contribution in [0.1, 0.15) is 44.7 Å². The van der Waals surface area contributed by atoms with E-state index in [4.69, 9.17) is 5.73 Å². The lowest BCUT2D eigenvalue weighted by Crippen LogP contribution is -2.28. The van der Waals surface area contributed by atoms with Gasteiger partial charge in [-0.2, -0.15) is 0 Å². The van der Waals surface area contributed by atoms with Crippen molar-refractivity contribution in [2.45, 2.75) is 45.2 Å². The van der Waals surface area contributed by atoms with E-state index < -0.39 is 0 Å². The number of hydrogen-bond donors (Lipinski definition) is 2. The number of phenols is 1. The molecule has 0 saturated carbocycles. The Morgan fingerprint density at radius 1 is 1.53 bits per heavy atom. The van der Waals surface area contributed by atoms with Crippen molar-refractivity contribution in [1.82, 2.24) is 0 Å². The van der Waals surface area contributed by atoms with Crippen LogP contribution in [0.5, 0.6) is 5.75 Å². The van der Waals surface area contributed by atoms with Gasteiger partial charge in [-0.05, 0) is 32.3 Å². The maximum absolute atomic E-state index is 9.97. The van der Waals surface area contributed by atoms with Crippen LogP contribution < -0.4 is 10.6 Å². The summed E-state index contributed by atoms with van der Waals surface area (Å²) in [4.78, 5) is 2.39. The van der Waals surface area contributed by atoms with E-state index in [9.17, 15) is 5.11 Å². The minimum atomic E-state index is -0.121. The summed E-state index contributed by atoms with van der Waals surface area (Å²) < 4.78 is 0. The minimum Gasteiger partial charge on any atom is -0.508 e. The molecular formula is C14H22N2O. The predicted octanol–water partition coefficient (Wildman–Crippen LogP) is 2.79. The quantitative estimate of drug-likeness (QED) is 0.845. The van der Waals surface area contributed by atoms with Gasteiger partial charge in [0, 0.05) is 35.9 Å². The first-order valence-corrected chi connectivity index (χ1v) is 6.48. The Hall–Kier alpha value is -1.22. The third kappa shape index (κ3) is 2.39. The normalized spacial score (nSPS) is 21.8. The molecule has 1 fully saturated rings. The second-order valence-corrected chi connectivity index (χ2v) is 4.93. The lowest BCUT2D eigenvalue weighted by Gasteiger charge is -2.26. The Bertz CT molecular complexity index is 390. The Balaban J connectivity index is 2.25. The number of hydrogen-bond acceptors (Lipinski definition) is 3. The summed E-state index contributed by atoms with van der Waals surface area (Å²) in [6.45, 7) is 5.20. The molecule has 17 heavy (non-hydrogen) atoms. The number of nitrogens with two attached hydrogens (primary N) is 1. The number of anilines is 1. The van der Waals surface area contributed by atoms with Gasteiger partial charge >= 0.3 is 0 Å². The maximum Gasteiger partial charge on any atom is 0.122 e. The molecule has 0 spiro atoms. The summed E-state index contributed by atoms with van der Waals surface area (Å²) in [5.74, 6) is 0.319. The number of phenolic OH excluding ortho intramolecular Hbond substituents is 1. The number of benzene rings is 1. The Kier molecular flexibility index (Phi) is 3.57. The van der Waals surface area contributed by atoms with Gasteiger partial charge in [0.2, 0.25) is 0 Å². The van der Waals surface area contributed by atoms with E-state index in [1.807, 2.05) is 19.1 Å². The number of aromatic hydroxyl groups is 1. The van der Waals surface area contributed by atoms with E-state index in [2.05, 4.69) is 17.9 Å². The zero-order chi connectivity index (χ0) is 12.4. The average Bonchev–Trinajstić information content (AvgIpc) is 2.76. The van der Waals surface area contributed by atoms with Crippen LogP contribution in [0.15, 0.2) is 18.2 Å². The topological polar surface area (TPSA) is 49.5 Å². The first-order valence-electron chi connectivity index (χ1n) is 6.48. The highest BCUT2D eigenvalue weighted by Crippen LogP contribution is 2.32. The lowest BCUT2D eigenvalue weighted by molar-refractivity contribution is 0.463. The summed E-state index contributed by atoms with van der Waals surface area (Å²) in [6.07, 6.45) is 3.66. The molecule has 3 nitrogen and oxygen atoms in total. The fourth-order valence-corrected chi connectivity index (χ4v) is 2.70. The Morgan fingerprint density at radius 2 is 2.29 bits per heavy atom. The van der Waals surface area contributed by atoms with Crippen LogP contribution >= 0.6 is 0 Å². The number of nitrogens with zero attached hydrogens (tertiary/aromatic N) is 1. The van der Waals surface area contributed by atoms with Gasteiger partial charge in [0.15, 0.2) is 0 Å². The van der Waals surface area contributed by atoms with Crippen molar-refractivity contribution < 1.29 is 5.11 Å². The Labute approximate surface area is 103 Å². The van der Waals surface area contributed by atoms with Crippen LogP contribution in [-0.4, -0.2) is 17.7 Å². The molecule has 94 valence electrons. The molecule has 2 unspecified atom stereocenters. The van der Waals surface area contributed by atoms with Crippen LogP contribution in [0, 0.1) is 0 Å². The summed E-state index contributed by atoms with van der Waals surface area (Å²) in [5.41, 5.74) is 7.74. The monoisotopic (exact) mass is 234 g/mol. The van der Waals surface area contributed by atoms with Crippen molar-refractivity contribution in [1.29, 1.82) is 0 Å². The first kappa shape index (κ1) is 12.2. The molecule has 0 aromatic heterocycles. The zero-order valence-corrected chi connectivity index (χ0v) is 10.7. The van der Waals surface area contributed by atoms with Gasteiger partial charge in [-0.3, -0.25) is 0 Å². The van der Waals surface area contributed by atoms with Gasteiger partial charge < -0.3 is 15.7 Å². The molecule has 3 heteroatoms. The molecule has 1 aromatic rings. The van der Waals surface area contributed by atoms with Crippen molar-refractivity contribution in [2.24, 2.45) is 5.73 Å². The second kappa shape index (κ2) is 4.96. The summed E-state index contributed by atoms with van der Waals surface area (Å²) in [6, 6.07) is 6.37. The van der Waals surface area contributed by atoms with Crippen LogP contribution in [-0.2, 0) is 0 Å². The van der Waals surface area contributed by atoms with Gasteiger partial charge in [-0.15, -0.1) is 0 Å². The minimum absolute atomic E-state index is 0.121. The molecule has 1 heterocycles. The van der Waals surface area contributed by atoms with Gasteiger partial charge in [-0.1, -0.05) is 13.0 Å². The van der Waals surface area contributed by atoms with Crippen LogP contribution in [0.4, 0.5) is 5.69 Å². The van der Waals surface area contributed by atoms with Crippen molar-refractivity contribution in [3.8, 4) is 5.75 Å². The highest BCUT2D eigenvalue weighted by atomic mass is 16.3. The van der Waals surface area contributed by atoms with Crippen LogP contribution in [0.2, 0.25) is 0 Å². The molecule has 2 rings (SSSR count). The van der Waals surface area contributed by atoms with Gasteiger partial charge in [0.05, 0.1) is 0 Å². The van der Waals surface area contributed by atoms with Gasteiger partial charge in [-0.25, -0.2) is 0 Å². The zero-order valence-electron chi connectivity index (χ0n) is 10.7. The summed E-state index contributed by atoms with van der Waals surface area (Å²) in [7, 11) is 0. The highest BCUT2D eigenvalue weighted by molar-refractivity contribution is 5.55. The van der Waals surface area contributed by atoms with E-state index in [-0.39, 0.29) is 6.04 Å². The summed E-state index contributed by atoms with van der Waals surface area (Å²) >= 11 is 0. The average molecular weight is 234 g/mol. The SMILES string of the molecule is CCC1CCCN1c1ccc(C(C)N)c(O)c1. The first-order chi connectivity index (χ1) is 8.13. The molecule has 1 saturated heterocycles. The third-order valence-corrected chi connectivity index (χ3v) is 3.68. The van der Waals surface area contributed by atoms with Crippen molar-refractivity contribution in [3.05, 3.63) is 23.8 Å². The van der Waals surface area contributed by atoms with Crippen LogP contribution in [0.25, 0.3) is 0 Å². The second-order valence-electron chi connectivity index (χ2n) is 4.93.